The molecular formula is C26H27IN2O4. The molecule has 0 fully saturated rings. The zero-order chi connectivity index (χ0) is 23.5. The van der Waals surface area contributed by atoms with E-state index in [2.05, 4.69) is 33.1 Å². The van der Waals surface area contributed by atoms with Crippen molar-refractivity contribution >= 4 is 34.7 Å². The number of carbonyl (C=O) groups is 1. The monoisotopic (exact) mass is 558 g/mol. The average molecular weight is 558 g/mol. The number of carbonyl (C=O) groups excluding carboxylic acids is 1. The first-order valence-electron chi connectivity index (χ1n) is 10.8. The van der Waals surface area contributed by atoms with E-state index < -0.39 is 0 Å². The Hall–Kier alpha value is -3.07. The molecule has 33 heavy (non-hydrogen) atoms. The van der Waals surface area contributed by atoms with Crippen LogP contribution in [0.5, 0.6) is 17.2 Å². The molecule has 0 radical (unpaired) electrons. The minimum Gasteiger partial charge on any atom is -0.494 e. The maximum atomic E-state index is 12.3. The van der Waals surface area contributed by atoms with Gasteiger partial charge in [0.15, 0.2) is 11.5 Å². The van der Waals surface area contributed by atoms with E-state index in [0.717, 1.165) is 23.3 Å². The molecule has 6 nitrogen and oxygen atoms in total. The van der Waals surface area contributed by atoms with Crippen LogP contribution in [0.4, 0.5) is 0 Å². The highest BCUT2D eigenvalue weighted by molar-refractivity contribution is 14.1. The maximum Gasteiger partial charge on any atom is 0.271 e. The number of amides is 1. The molecule has 1 N–H and O–H groups in total. The van der Waals surface area contributed by atoms with Crippen LogP contribution in [-0.2, 0) is 6.61 Å². The lowest BCUT2D eigenvalue weighted by Crippen LogP contribution is -2.17. The van der Waals surface area contributed by atoms with E-state index in [9.17, 15) is 4.79 Å². The Morgan fingerprint density at radius 3 is 2.39 bits per heavy atom. The fraction of sp³-hybridized carbons (Fsp3) is 0.231. The quantitative estimate of drug-likeness (QED) is 0.183. The summed E-state index contributed by atoms with van der Waals surface area (Å²) in [6, 6.07) is 20.7. The van der Waals surface area contributed by atoms with Gasteiger partial charge in [0.2, 0.25) is 0 Å². The van der Waals surface area contributed by atoms with E-state index in [1.54, 1.807) is 30.5 Å². The summed E-state index contributed by atoms with van der Waals surface area (Å²) in [5.74, 6) is 1.73. The molecule has 0 unspecified atom stereocenters. The van der Waals surface area contributed by atoms with E-state index in [1.165, 1.54) is 3.57 Å². The van der Waals surface area contributed by atoms with Crippen molar-refractivity contribution in [1.29, 1.82) is 0 Å². The van der Waals surface area contributed by atoms with Gasteiger partial charge in [0, 0.05) is 9.13 Å². The number of benzene rings is 3. The first-order chi connectivity index (χ1) is 16.1. The number of hydrazone groups is 1. The van der Waals surface area contributed by atoms with Crippen molar-refractivity contribution in [3.8, 4) is 17.2 Å². The van der Waals surface area contributed by atoms with Gasteiger partial charge in [-0.3, -0.25) is 4.79 Å². The second kappa shape index (κ2) is 12.8. The molecule has 3 aromatic carbocycles. The van der Waals surface area contributed by atoms with Crippen LogP contribution in [0.2, 0.25) is 0 Å². The highest BCUT2D eigenvalue weighted by Gasteiger charge is 2.08. The van der Waals surface area contributed by atoms with Gasteiger partial charge in [-0.05, 0) is 102 Å². The molecule has 3 aromatic rings. The lowest BCUT2D eigenvalue weighted by Gasteiger charge is -2.12. The van der Waals surface area contributed by atoms with Gasteiger partial charge in [-0.25, -0.2) is 5.43 Å². The van der Waals surface area contributed by atoms with Crippen LogP contribution in [0.25, 0.3) is 0 Å². The first-order valence-corrected chi connectivity index (χ1v) is 11.9. The number of halogens is 1. The Morgan fingerprint density at radius 2 is 1.70 bits per heavy atom. The Kier molecular flexibility index (Phi) is 9.56. The smallest absolute Gasteiger partial charge is 0.271 e. The average Bonchev–Trinajstić information content (AvgIpc) is 2.83. The zero-order valence-corrected chi connectivity index (χ0v) is 20.9. The highest BCUT2D eigenvalue weighted by Crippen LogP contribution is 2.29. The molecule has 0 aliphatic carbocycles. The standard InChI is InChI=1S/C26H27IN2O4/c1-3-15-32-23-12-8-21(9-13-23)26(30)29-28-17-20-7-14-24(25(16-20)31-4-2)33-18-19-5-10-22(27)11-6-19/h5-14,16-17H,3-4,15,18H2,1-2H3,(H,29,30)/b28-17-. The molecule has 0 aliphatic heterocycles. The molecule has 0 atom stereocenters. The molecule has 0 aromatic heterocycles. The van der Waals surface area contributed by atoms with Crippen molar-refractivity contribution in [1.82, 2.24) is 5.43 Å². The minimum atomic E-state index is -0.296. The molecule has 0 bridgehead atoms. The predicted molar refractivity (Wildman–Crippen MR) is 138 cm³/mol. The van der Waals surface area contributed by atoms with Crippen LogP contribution in [0.1, 0.15) is 41.8 Å². The van der Waals surface area contributed by atoms with Gasteiger partial charge >= 0.3 is 0 Å². The third kappa shape index (κ3) is 7.78. The zero-order valence-electron chi connectivity index (χ0n) is 18.7. The SMILES string of the molecule is CCCOc1ccc(C(=O)N/N=C\c2ccc(OCc3ccc(I)cc3)c(OCC)c2)cc1. The van der Waals surface area contributed by atoms with Crippen LogP contribution in [0.3, 0.4) is 0 Å². The maximum absolute atomic E-state index is 12.3. The van der Waals surface area contributed by atoms with Crippen LogP contribution >= 0.6 is 22.6 Å². The molecule has 0 heterocycles. The van der Waals surface area contributed by atoms with Crippen LogP contribution in [0.15, 0.2) is 71.8 Å². The van der Waals surface area contributed by atoms with Gasteiger partial charge in [-0.2, -0.15) is 5.10 Å². The van der Waals surface area contributed by atoms with Crippen molar-refractivity contribution in [2.45, 2.75) is 26.9 Å². The third-order valence-corrected chi connectivity index (χ3v) is 5.26. The molecule has 0 saturated carbocycles. The van der Waals surface area contributed by atoms with Crippen molar-refractivity contribution in [3.63, 3.8) is 0 Å². The van der Waals surface area contributed by atoms with Gasteiger partial charge in [0.1, 0.15) is 12.4 Å². The normalized spacial score (nSPS) is 10.8. The third-order valence-electron chi connectivity index (χ3n) is 4.54. The number of rotatable bonds is 11. The van der Waals surface area contributed by atoms with Crippen molar-refractivity contribution in [3.05, 3.63) is 87.0 Å². The summed E-state index contributed by atoms with van der Waals surface area (Å²) in [5, 5.41) is 4.07. The Labute approximate surface area is 208 Å². The second-order valence-corrected chi connectivity index (χ2v) is 8.37. The summed E-state index contributed by atoms with van der Waals surface area (Å²) in [6.07, 6.45) is 2.50. The second-order valence-electron chi connectivity index (χ2n) is 7.13. The Bertz CT molecular complexity index is 1070. The van der Waals surface area contributed by atoms with Crippen LogP contribution in [0, 0.1) is 3.57 Å². The number of nitrogens with zero attached hydrogens (tertiary/aromatic N) is 1. The van der Waals surface area contributed by atoms with Gasteiger partial charge in [0.05, 0.1) is 19.4 Å². The molecule has 0 aliphatic rings. The van der Waals surface area contributed by atoms with E-state index >= 15 is 0 Å². The largest absolute Gasteiger partial charge is 0.494 e. The van der Waals surface area contributed by atoms with Crippen molar-refractivity contribution in [2.24, 2.45) is 5.10 Å². The summed E-state index contributed by atoms with van der Waals surface area (Å²) in [5.41, 5.74) is 4.91. The molecule has 0 saturated heterocycles. The van der Waals surface area contributed by atoms with E-state index in [0.29, 0.717) is 36.9 Å². The lowest BCUT2D eigenvalue weighted by molar-refractivity contribution is 0.0955. The van der Waals surface area contributed by atoms with Gasteiger partial charge in [-0.15, -0.1) is 0 Å². The predicted octanol–water partition coefficient (Wildman–Crippen LogP) is 5.82. The van der Waals surface area contributed by atoms with Gasteiger partial charge in [-0.1, -0.05) is 19.1 Å². The summed E-state index contributed by atoms with van der Waals surface area (Å²) < 4.78 is 18.4. The van der Waals surface area contributed by atoms with E-state index in [-0.39, 0.29) is 5.91 Å². The Balaban J connectivity index is 1.59. The Morgan fingerprint density at radius 1 is 0.939 bits per heavy atom. The number of hydrogen-bond acceptors (Lipinski definition) is 5. The summed E-state index contributed by atoms with van der Waals surface area (Å²) in [7, 11) is 0. The number of nitrogens with one attached hydrogen (secondary N) is 1. The summed E-state index contributed by atoms with van der Waals surface area (Å²) in [6.45, 7) is 5.57. The van der Waals surface area contributed by atoms with Crippen LogP contribution in [-0.4, -0.2) is 25.3 Å². The fourth-order valence-electron chi connectivity index (χ4n) is 2.89. The number of ether oxygens (including phenoxy) is 3. The molecule has 3 rings (SSSR count). The molecule has 0 spiro atoms. The summed E-state index contributed by atoms with van der Waals surface area (Å²) >= 11 is 2.28. The summed E-state index contributed by atoms with van der Waals surface area (Å²) in [4.78, 5) is 12.3. The molecule has 7 heteroatoms. The molecule has 1 amide bonds. The van der Waals surface area contributed by atoms with E-state index in [4.69, 9.17) is 14.2 Å². The molecular weight excluding hydrogens is 531 g/mol. The molecule has 172 valence electrons. The van der Waals surface area contributed by atoms with E-state index in [1.807, 2.05) is 56.3 Å². The van der Waals surface area contributed by atoms with Crippen molar-refractivity contribution in [2.75, 3.05) is 13.2 Å². The van der Waals surface area contributed by atoms with Crippen molar-refractivity contribution < 1.29 is 19.0 Å². The first kappa shape index (κ1) is 24.6. The number of hydrogen-bond donors (Lipinski definition) is 1. The van der Waals surface area contributed by atoms with Gasteiger partial charge in [0.25, 0.3) is 5.91 Å². The van der Waals surface area contributed by atoms with Gasteiger partial charge < -0.3 is 14.2 Å². The van der Waals surface area contributed by atoms with Crippen LogP contribution < -0.4 is 19.6 Å². The fourth-order valence-corrected chi connectivity index (χ4v) is 3.25. The lowest BCUT2D eigenvalue weighted by atomic mass is 10.2. The topological polar surface area (TPSA) is 69.2 Å². The minimum absolute atomic E-state index is 0.296. The highest BCUT2D eigenvalue weighted by atomic mass is 127.